The Bertz CT molecular complexity index is 546. The average Bonchev–Trinajstić information content (AvgIpc) is 2.94. The molecule has 0 saturated heterocycles. The van der Waals surface area contributed by atoms with Crippen LogP contribution >= 0.6 is 0 Å². The summed E-state index contributed by atoms with van der Waals surface area (Å²) in [5.74, 6) is -0.0666. The number of urea groups is 1. The lowest BCUT2D eigenvalue weighted by molar-refractivity contribution is -0.152. The van der Waals surface area contributed by atoms with Gasteiger partial charge in [-0.1, -0.05) is 42.5 Å². The van der Waals surface area contributed by atoms with Crippen LogP contribution < -0.4 is 10.6 Å². The third-order valence-electron chi connectivity index (χ3n) is 3.71. The van der Waals surface area contributed by atoms with Crippen molar-refractivity contribution >= 4 is 6.03 Å². The molecule has 0 aromatic heterocycles. The maximum Gasteiger partial charge on any atom is 0.408 e. The molecule has 126 valence electrons. The largest absolute Gasteiger partial charge is 0.408 e. The van der Waals surface area contributed by atoms with E-state index in [1.807, 2.05) is 5.32 Å². The minimum absolute atomic E-state index is 0.0461. The maximum atomic E-state index is 13.1. The summed E-state index contributed by atoms with van der Waals surface area (Å²) in [5, 5.41) is 13.5. The van der Waals surface area contributed by atoms with Crippen molar-refractivity contribution in [2.75, 3.05) is 6.61 Å². The molecule has 0 bridgehead atoms. The van der Waals surface area contributed by atoms with E-state index in [0.29, 0.717) is 12.0 Å². The number of hydrogen-bond acceptors (Lipinski definition) is 2. The summed E-state index contributed by atoms with van der Waals surface area (Å²) in [7, 11) is 0. The Kier molecular flexibility index (Phi) is 5.65. The predicted molar refractivity (Wildman–Crippen MR) is 79.8 cm³/mol. The second-order valence-electron chi connectivity index (χ2n) is 5.57. The molecule has 7 heteroatoms. The van der Waals surface area contributed by atoms with Crippen molar-refractivity contribution in [3.05, 3.63) is 48.0 Å². The summed E-state index contributed by atoms with van der Waals surface area (Å²) in [4.78, 5) is 11.8. The Morgan fingerprint density at radius 1 is 1.26 bits per heavy atom. The van der Waals surface area contributed by atoms with Gasteiger partial charge in [-0.05, 0) is 12.0 Å². The summed E-state index contributed by atoms with van der Waals surface area (Å²) in [6.45, 7) is -0.0461. The van der Waals surface area contributed by atoms with Crippen molar-refractivity contribution in [3.8, 4) is 0 Å². The molecule has 23 heavy (non-hydrogen) atoms. The van der Waals surface area contributed by atoms with E-state index in [1.54, 1.807) is 42.5 Å². The van der Waals surface area contributed by atoms with Crippen molar-refractivity contribution < 1.29 is 23.1 Å². The van der Waals surface area contributed by atoms with Crippen LogP contribution in [0.5, 0.6) is 0 Å². The molecule has 1 aromatic carbocycles. The smallest absolute Gasteiger partial charge is 0.396 e. The highest BCUT2D eigenvalue weighted by atomic mass is 19.4. The van der Waals surface area contributed by atoms with Crippen LogP contribution in [0.4, 0.5) is 18.0 Å². The van der Waals surface area contributed by atoms with Gasteiger partial charge in [0.1, 0.15) is 6.04 Å². The molecule has 2 rings (SSSR count). The first-order chi connectivity index (χ1) is 10.9. The fraction of sp³-hybridized carbons (Fsp3) is 0.438. The Balaban J connectivity index is 1.93. The Morgan fingerprint density at radius 2 is 1.96 bits per heavy atom. The van der Waals surface area contributed by atoms with Gasteiger partial charge < -0.3 is 15.7 Å². The van der Waals surface area contributed by atoms with Gasteiger partial charge in [-0.25, -0.2) is 4.79 Å². The summed E-state index contributed by atoms with van der Waals surface area (Å²) in [6, 6.07) is 5.02. The third kappa shape index (κ3) is 5.28. The first-order valence-corrected chi connectivity index (χ1v) is 7.35. The van der Waals surface area contributed by atoms with Gasteiger partial charge in [-0.3, -0.25) is 0 Å². The van der Waals surface area contributed by atoms with Crippen LogP contribution in [0.2, 0.25) is 0 Å². The summed E-state index contributed by atoms with van der Waals surface area (Å²) >= 11 is 0. The number of amides is 2. The van der Waals surface area contributed by atoms with Crippen molar-refractivity contribution in [1.29, 1.82) is 0 Å². The highest BCUT2D eigenvalue weighted by molar-refractivity contribution is 5.75. The molecule has 4 nitrogen and oxygen atoms in total. The van der Waals surface area contributed by atoms with E-state index in [-0.39, 0.29) is 25.0 Å². The van der Waals surface area contributed by atoms with Crippen molar-refractivity contribution in [3.63, 3.8) is 0 Å². The number of carbonyl (C=O) groups is 1. The van der Waals surface area contributed by atoms with Gasteiger partial charge in [0, 0.05) is 25.0 Å². The first-order valence-electron chi connectivity index (χ1n) is 7.35. The predicted octanol–water partition coefficient (Wildman–Crippen LogP) is 2.40. The number of nitrogens with one attached hydrogen (secondary N) is 2. The molecular formula is C16H19F3N2O2. The van der Waals surface area contributed by atoms with Crippen molar-refractivity contribution in [1.82, 2.24) is 10.6 Å². The number of alkyl halides is 3. The second kappa shape index (κ2) is 7.50. The molecule has 1 aliphatic carbocycles. The van der Waals surface area contributed by atoms with Gasteiger partial charge in [0.15, 0.2) is 0 Å². The maximum absolute atomic E-state index is 13.1. The number of benzene rings is 1. The van der Waals surface area contributed by atoms with Gasteiger partial charge in [0.05, 0.1) is 0 Å². The van der Waals surface area contributed by atoms with E-state index in [9.17, 15) is 18.0 Å². The standard InChI is InChI=1S/C16H19F3N2O2/c17-16(18,19)14(9-11-4-2-1-3-5-11)21-15(23)20-13-7-6-12(8-13)10-22/h1-7,12-14,22H,8-10H2,(H2,20,21,23)/t12-,13+,14+/m0/s1. The summed E-state index contributed by atoms with van der Waals surface area (Å²) in [5.41, 5.74) is 0.497. The molecule has 0 heterocycles. The Hall–Kier alpha value is -2.02. The topological polar surface area (TPSA) is 61.4 Å². The lowest BCUT2D eigenvalue weighted by Crippen LogP contribution is -2.52. The molecule has 0 fully saturated rings. The van der Waals surface area contributed by atoms with Gasteiger partial charge in [0.25, 0.3) is 0 Å². The van der Waals surface area contributed by atoms with Gasteiger partial charge in [-0.2, -0.15) is 13.2 Å². The van der Waals surface area contributed by atoms with Crippen molar-refractivity contribution in [2.24, 2.45) is 5.92 Å². The SMILES string of the molecule is O=C(N[C@@H]1C=C[C@H](CO)C1)N[C@H](Cc1ccccc1)C(F)(F)F. The molecule has 0 aliphatic heterocycles. The normalized spacial score (nSPS) is 21.9. The molecule has 0 radical (unpaired) electrons. The van der Waals surface area contributed by atoms with E-state index in [1.165, 1.54) is 0 Å². The molecular weight excluding hydrogens is 309 g/mol. The number of hydrogen-bond donors (Lipinski definition) is 3. The fourth-order valence-electron chi connectivity index (χ4n) is 2.48. The highest BCUT2D eigenvalue weighted by Crippen LogP contribution is 2.23. The molecule has 3 N–H and O–H groups in total. The zero-order valence-electron chi connectivity index (χ0n) is 12.4. The van der Waals surface area contributed by atoms with Crippen molar-refractivity contribution in [2.45, 2.75) is 31.1 Å². The van der Waals surface area contributed by atoms with Crippen LogP contribution in [-0.4, -0.2) is 36.0 Å². The number of rotatable bonds is 5. The van der Waals surface area contributed by atoms with Crippen LogP contribution in [0.1, 0.15) is 12.0 Å². The average molecular weight is 328 g/mol. The van der Waals surface area contributed by atoms with Crippen LogP contribution in [-0.2, 0) is 6.42 Å². The molecule has 0 saturated carbocycles. The van der Waals surface area contributed by atoms with Gasteiger partial charge >= 0.3 is 12.2 Å². The Morgan fingerprint density at radius 3 is 2.52 bits per heavy atom. The van der Waals surface area contributed by atoms with Crippen LogP contribution in [0.3, 0.4) is 0 Å². The lowest BCUT2D eigenvalue weighted by atomic mass is 10.1. The highest BCUT2D eigenvalue weighted by Gasteiger charge is 2.40. The monoisotopic (exact) mass is 328 g/mol. The summed E-state index contributed by atoms with van der Waals surface area (Å²) in [6.07, 6.45) is -0.945. The second-order valence-corrected chi connectivity index (χ2v) is 5.57. The van der Waals surface area contributed by atoms with E-state index in [0.717, 1.165) is 0 Å². The fourth-order valence-corrected chi connectivity index (χ4v) is 2.48. The molecule has 1 aromatic rings. The van der Waals surface area contributed by atoms with Gasteiger partial charge in [-0.15, -0.1) is 0 Å². The van der Waals surface area contributed by atoms with Gasteiger partial charge in [0.2, 0.25) is 0 Å². The molecule has 0 spiro atoms. The minimum atomic E-state index is -4.54. The molecule has 2 amide bonds. The molecule has 0 unspecified atom stereocenters. The lowest BCUT2D eigenvalue weighted by Gasteiger charge is -2.23. The van der Waals surface area contributed by atoms with Crippen LogP contribution in [0.15, 0.2) is 42.5 Å². The van der Waals surface area contributed by atoms with Crippen LogP contribution in [0.25, 0.3) is 0 Å². The van der Waals surface area contributed by atoms with E-state index in [4.69, 9.17) is 5.11 Å². The van der Waals surface area contributed by atoms with Crippen LogP contribution in [0, 0.1) is 5.92 Å². The zero-order chi connectivity index (χ0) is 16.9. The van der Waals surface area contributed by atoms with E-state index >= 15 is 0 Å². The van der Waals surface area contributed by atoms with E-state index < -0.39 is 18.2 Å². The first kappa shape index (κ1) is 17.3. The number of aliphatic hydroxyl groups is 1. The zero-order valence-corrected chi connectivity index (χ0v) is 12.4. The Labute approximate surface area is 132 Å². The summed E-state index contributed by atoms with van der Waals surface area (Å²) < 4.78 is 39.3. The number of carbonyl (C=O) groups excluding carboxylic acids is 1. The van der Waals surface area contributed by atoms with E-state index in [2.05, 4.69) is 5.32 Å². The number of halogens is 3. The third-order valence-corrected chi connectivity index (χ3v) is 3.71. The minimum Gasteiger partial charge on any atom is -0.396 e. The quantitative estimate of drug-likeness (QED) is 0.727. The molecule has 1 aliphatic rings. The molecule has 3 atom stereocenters. The number of aliphatic hydroxyl groups excluding tert-OH is 1.